The number of benzene rings is 1. The Hall–Kier alpha value is -1.47. The van der Waals surface area contributed by atoms with Crippen LogP contribution < -0.4 is 5.32 Å². The largest absolute Gasteiger partial charge is 0.353 e. The van der Waals surface area contributed by atoms with E-state index in [4.69, 9.17) is 0 Å². The lowest BCUT2D eigenvalue weighted by molar-refractivity contribution is -0.126. The van der Waals surface area contributed by atoms with Gasteiger partial charge >= 0.3 is 0 Å². The predicted molar refractivity (Wildman–Crippen MR) is 90.4 cm³/mol. The Morgan fingerprint density at radius 3 is 2.42 bits per heavy atom. The fourth-order valence-corrected chi connectivity index (χ4v) is 4.45. The SMILES string of the molecule is CCC[C@@H](C)NC(=O)C1CCN(S(=O)(=O)c2ccc(F)cc2)CC1. The Kier molecular flexibility index (Phi) is 6.34. The third-order valence-electron chi connectivity index (χ3n) is 4.39. The zero-order valence-electron chi connectivity index (χ0n) is 14.2. The minimum absolute atomic E-state index is 0.00906. The molecule has 134 valence electrons. The van der Waals surface area contributed by atoms with Crippen LogP contribution in [0.1, 0.15) is 39.5 Å². The van der Waals surface area contributed by atoms with Gasteiger partial charge in [0.1, 0.15) is 5.82 Å². The standard InChI is InChI=1S/C17H25FN2O3S/c1-3-4-13(2)19-17(21)14-9-11-20(12-10-14)24(22,23)16-7-5-15(18)6-8-16/h5-8,13-14H,3-4,9-12H2,1-2H3,(H,19,21)/t13-/m1/s1. The Labute approximate surface area is 143 Å². The highest BCUT2D eigenvalue weighted by atomic mass is 32.2. The van der Waals surface area contributed by atoms with E-state index in [9.17, 15) is 17.6 Å². The van der Waals surface area contributed by atoms with E-state index in [0.717, 1.165) is 25.0 Å². The molecule has 1 atom stereocenters. The summed E-state index contributed by atoms with van der Waals surface area (Å²) in [4.78, 5) is 12.3. The first-order valence-electron chi connectivity index (χ1n) is 8.40. The number of sulfonamides is 1. The van der Waals surface area contributed by atoms with Crippen molar-refractivity contribution in [3.05, 3.63) is 30.1 Å². The molecule has 5 nitrogen and oxygen atoms in total. The monoisotopic (exact) mass is 356 g/mol. The number of hydrogen-bond acceptors (Lipinski definition) is 3. The summed E-state index contributed by atoms with van der Waals surface area (Å²) in [6.07, 6.45) is 2.95. The summed E-state index contributed by atoms with van der Waals surface area (Å²) >= 11 is 0. The molecule has 1 fully saturated rings. The van der Waals surface area contributed by atoms with Crippen molar-refractivity contribution in [3.8, 4) is 0 Å². The van der Waals surface area contributed by atoms with Crippen LogP contribution in [0.2, 0.25) is 0 Å². The Balaban J connectivity index is 1.94. The first-order chi connectivity index (χ1) is 11.3. The van der Waals surface area contributed by atoms with Crippen molar-refractivity contribution in [2.75, 3.05) is 13.1 Å². The van der Waals surface area contributed by atoms with E-state index in [-0.39, 0.29) is 22.8 Å². The molecule has 1 N–H and O–H groups in total. The van der Waals surface area contributed by atoms with Crippen molar-refractivity contribution in [2.24, 2.45) is 5.92 Å². The molecular formula is C17H25FN2O3S. The second-order valence-corrected chi connectivity index (χ2v) is 8.27. The summed E-state index contributed by atoms with van der Waals surface area (Å²) in [5.74, 6) is -0.607. The van der Waals surface area contributed by atoms with Crippen molar-refractivity contribution >= 4 is 15.9 Å². The van der Waals surface area contributed by atoms with Gasteiger partial charge in [0.2, 0.25) is 15.9 Å². The van der Waals surface area contributed by atoms with Crippen LogP contribution >= 0.6 is 0 Å². The predicted octanol–water partition coefficient (Wildman–Crippen LogP) is 2.53. The van der Waals surface area contributed by atoms with Crippen LogP contribution in [0.3, 0.4) is 0 Å². The molecular weight excluding hydrogens is 331 g/mol. The molecule has 0 aliphatic carbocycles. The molecule has 1 aliphatic rings. The third kappa shape index (κ3) is 4.54. The molecule has 2 rings (SSSR count). The van der Waals surface area contributed by atoms with E-state index in [1.807, 2.05) is 6.92 Å². The molecule has 1 aromatic carbocycles. The summed E-state index contributed by atoms with van der Waals surface area (Å²) in [7, 11) is -3.62. The zero-order valence-corrected chi connectivity index (χ0v) is 15.0. The van der Waals surface area contributed by atoms with Crippen LogP contribution in [0.15, 0.2) is 29.2 Å². The van der Waals surface area contributed by atoms with E-state index in [0.29, 0.717) is 25.9 Å². The molecule has 1 aliphatic heterocycles. The number of nitrogens with zero attached hydrogens (tertiary/aromatic N) is 1. The van der Waals surface area contributed by atoms with Gasteiger partial charge in [-0.25, -0.2) is 12.8 Å². The van der Waals surface area contributed by atoms with Gasteiger partial charge in [-0.15, -0.1) is 0 Å². The summed E-state index contributed by atoms with van der Waals surface area (Å²) in [5, 5.41) is 2.99. The third-order valence-corrected chi connectivity index (χ3v) is 6.30. The summed E-state index contributed by atoms with van der Waals surface area (Å²) in [6.45, 7) is 4.66. The molecule has 24 heavy (non-hydrogen) atoms. The molecule has 0 radical (unpaired) electrons. The van der Waals surface area contributed by atoms with E-state index in [2.05, 4.69) is 12.2 Å². The second kappa shape index (κ2) is 8.07. The highest BCUT2D eigenvalue weighted by Gasteiger charge is 2.32. The van der Waals surface area contributed by atoms with E-state index in [1.165, 1.54) is 16.4 Å². The number of carbonyl (C=O) groups excluding carboxylic acids is 1. The van der Waals surface area contributed by atoms with Crippen LogP contribution in [-0.4, -0.2) is 37.8 Å². The molecule has 7 heteroatoms. The topological polar surface area (TPSA) is 66.5 Å². The highest BCUT2D eigenvalue weighted by Crippen LogP contribution is 2.24. The lowest BCUT2D eigenvalue weighted by Gasteiger charge is -2.31. The van der Waals surface area contributed by atoms with Crippen LogP contribution in [0, 0.1) is 11.7 Å². The molecule has 1 heterocycles. The van der Waals surface area contributed by atoms with Crippen molar-refractivity contribution in [1.29, 1.82) is 0 Å². The fraction of sp³-hybridized carbons (Fsp3) is 0.588. The zero-order chi connectivity index (χ0) is 17.7. The number of carbonyl (C=O) groups is 1. The highest BCUT2D eigenvalue weighted by molar-refractivity contribution is 7.89. The number of halogens is 1. The van der Waals surface area contributed by atoms with Gasteiger partial charge in [0.05, 0.1) is 4.90 Å². The van der Waals surface area contributed by atoms with Crippen molar-refractivity contribution in [1.82, 2.24) is 9.62 Å². The first-order valence-corrected chi connectivity index (χ1v) is 9.84. The summed E-state index contributed by atoms with van der Waals surface area (Å²) in [5.41, 5.74) is 0. The van der Waals surface area contributed by atoms with E-state index < -0.39 is 15.8 Å². The molecule has 0 aromatic heterocycles. The van der Waals surface area contributed by atoms with Crippen molar-refractivity contribution in [3.63, 3.8) is 0 Å². The lowest BCUT2D eigenvalue weighted by Crippen LogP contribution is -2.44. The van der Waals surface area contributed by atoms with Gasteiger partial charge in [0.15, 0.2) is 0 Å². The van der Waals surface area contributed by atoms with Crippen LogP contribution in [0.4, 0.5) is 4.39 Å². The summed E-state index contributed by atoms with van der Waals surface area (Å²) < 4.78 is 39.4. The van der Waals surface area contributed by atoms with Gasteiger partial charge in [0.25, 0.3) is 0 Å². The average Bonchev–Trinajstić information content (AvgIpc) is 2.55. The van der Waals surface area contributed by atoms with Gasteiger partial charge < -0.3 is 5.32 Å². The number of hydrogen-bond donors (Lipinski definition) is 1. The molecule has 0 unspecified atom stereocenters. The number of amides is 1. The van der Waals surface area contributed by atoms with Gasteiger partial charge in [-0.1, -0.05) is 13.3 Å². The molecule has 0 spiro atoms. The second-order valence-electron chi connectivity index (χ2n) is 6.33. The maximum Gasteiger partial charge on any atom is 0.243 e. The lowest BCUT2D eigenvalue weighted by atomic mass is 9.96. The summed E-state index contributed by atoms with van der Waals surface area (Å²) in [6, 6.07) is 4.97. The minimum atomic E-state index is -3.62. The van der Waals surface area contributed by atoms with Gasteiger partial charge in [-0.2, -0.15) is 4.31 Å². The van der Waals surface area contributed by atoms with Crippen LogP contribution in [-0.2, 0) is 14.8 Å². The molecule has 1 aromatic rings. The molecule has 0 saturated carbocycles. The Bertz CT molecular complexity index is 653. The van der Waals surface area contributed by atoms with Crippen molar-refractivity contribution in [2.45, 2.75) is 50.5 Å². The quantitative estimate of drug-likeness (QED) is 0.852. The maximum absolute atomic E-state index is 13.0. The number of piperidine rings is 1. The van der Waals surface area contributed by atoms with Crippen molar-refractivity contribution < 1.29 is 17.6 Å². The van der Waals surface area contributed by atoms with Gasteiger partial charge in [-0.05, 0) is 50.5 Å². The first kappa shape index (κ1) is 18.9. The molecule has 0 bridgehead atoms. The average molecular weight is 356 g/mol. The Morgan fingerprint density at radius 1 is 1.29 bits per heavy atom. The van der Waals surface area contributed by atoms with Gasteiger partial charge in [0, 0.05) is 25.0 Å². The Morgan fingerprint density at radius 2 is 1.88 bits per heavy atom. The smallest absolute Gasteiger partial charge is 0.243 e. The van der Waals surface area contributed by atoms with E-state index >= 15 is 0 Å². The normalized spacial score (nSPS) is 18.3. The van der Waals surface area contributed by atoms with E-state index in [1.54, 1.807) is 0 Å². The number of nitrogens with one attached hydrogen (secondary N) is 1. The minimum Gasteiger partial charge on any atom is -0.353 e. The molecule has 1 amide bonds. The molecule has 1 saturated heterocycles. The maximum atomic E-state index is 13.0. The van der Waals surface area contributed by atoms with Crippen LogP contribution in [0.5, 0.6) is 0 Å². The number of rotatable bonds is 6. The van der Waals surface area contributed by atoms with Gasteiger partial charge in [-0.3, -0.25) is 4.79 Å². The fourth-order valence-electron chi connectivity index (χ4n) is 2.98. The van der Waals surface area contributed by atoms with Crippen LogP contribution in [0.25, 0.3) is 0 Å².